The first-order valence-corrected chi connectivity index (χ1v) is 26.4. The Morgan fingerprint density at radius 1 is 0.792 bits per heavy atom. The van der Waals surface area contributed by atoms with Gasteiger partial charge in [-0.2, -0.15) is 0 Å². The number of hydrogen-bond acceptors (Lipinski definition) is 10. The maximum absolute atomic E-state index is 16.2. The molecule has 19 heteroatoms. The van der Waals surface area contributed by atoms with Crippen LogP contribution in [-0.2, 0) is 56.3 Å². The van der Waals surface area contributed by atoms with Crippen molar-refractivity contribution in [2.75, 3.05) is 25.1 Å². The highest BCUT2D eigenvalue weighted by molar-refractivity contribution is 7.84. The summed E-state index contributed by atoms with van der Waals surface area (Å²) < 4.78 is 11.7. The van der Waals surface area contributed by atoms with Crippen molar-refractivity contribution in [1.29, 1.82) is 0 Å². The maximum atomic E-state index is 16.2. The summed E-state index contributed by atoms with van der Waals surface area (Å²) in [4.78, 5) is 110. The first-order chi connectivity index (χ1) is 34.4. The van der Waals surface area contributed by atoms with E-state index in [0.717, 1.165) is 0 Å². The van der Waals surface area contributed by atoms with E-state index in [1.165, 1.54) is 17.5 Å². The van der Waals surface area contributed by atoms with Crippen molar-refractivity contribution in [3.8, 4) is 0 Å². The number of carboxylic acids is 1. The molecule has 0 bridgehead atoms. The van der Waals surface area contributed by atoms with Gasteiger partial charge in [-0.05, 0) is 67.1 Å². The minimum Gasteiger partial charge on any atom is -0.480 e. The highest BCUT2D eigenvalue weighted by atomic mass is 32.2. The molecule has 0 radical (unpaired) electrons. The van der Waals surface area contributed by atoms with Crippen LogP contribution in [0.3, 0.4) is 0 Å². The first kappa shape index (κ1) is 56.2. The second kappa shape index (κ2) is 26.6. The third-order valence-corrected chi connectivity index (χ3v) is 13.6. The Bertz CT molecular complexity index is 2360. The Hall–Kier alpha value is -6.73. The van der Waals surface area contributed by atoms with Crippen LogP contribution in [0.25, 0.3) is 0 Å². The molecule has 4 aromatic rings. The normalized spacial score (nSPS) is 16.2. The summed E-state index contributed by atoms with van der Waals surface area (Å²) in [6, 6.07) is 20.8. The van der Waals surface area contributed by atoms with Gasteiger partial charge in [0.1, 0.15) is 41.8 Å². The van der Waals surface area contributed by atoms with Gasteiger partial charge in [-0.1, -0.05) is 126 Å². The number of hydrogen-bond donors (Lipinski definition) is 7. The molecule has 6 amide bonds. The monoisotopic (exact) mass is 1010 g/mol. The van der Waals surface area contributed by atoms with Gasteiger partial charge in [0, 0.05) is 47.7 Å². The first-order valence-electron chi connectivity index (χ1n) is 24.6. The van der Waals surface area contributed by atoms with Crippen LogP contribution in [0.1, 0.15) is 95.5 Å². The Kier molecular flexibility index (Phi) is 20.8. The van der Waals surface area contributed by atoms with Gasteiger partial charge < -0.3 is 46.9 Å². The summed E-state index contributed by atoms with van der Waals surface area (Å²) >= 11 is 0. The minimum absolute atomic E-state index is 0.0431. The number of aromatic amines is 1. The van der Waals surface area contributed by atoms with Crippen LogP contribution in [0.15, 0.2) is 104 Å². The second-order valence-corrected chi connectivity index (χ2v) is 20.6. The predicted molar refractivity (Wildman–Crippen MR) is 274 cm³/mol. The number of nitrogens with two attached hydrogens (primary N) is 1. The van der Waals surface area contributed by atoms with Crippen molar-refractivity contribution < 1.29 is 42.9 Å². The summed E-state index contributed by atoms with van der Waals surface area (Å²) in [7, 11) is -1.30. The van der Waals surface area contributed by atoms with Gasteiger partial charge in [0.15, 0.2) is 0 Å². The van der Waals surface area contributed by atoms with Gasteiger partial charge in [-0.3, -0.25) is 33.0 Å². The summed E-state index contributed by atoms with van der Waals surface area (Å²) in [5.41, 5.74) is 6.74. The fourth-order valence-electron chi connectivity index (χ4n) is 9.42. The third-order valence-electron chi connectivity index (χ3n) is 12.8. The zero-order valence-corrected chi connectivity index (χ0v) is 42.9. The SMILES string of the molecule is CC[C@H](NC(=O)[C@H](CC(C)C)NC(=O)[C@@H]1CCCN1C(=O)[C@H](Cc1cnc[nH]1)N(C(=O)[C@H](CC(C)C)NC(=O)CN)C(c1ccccc1)(c1ccccc1)c1ccccc1)C(=O)N[C@@H](CCS(C)=O)C(=O)O. The smallest absolute Gasteiger partial charge is 0.326 e. The Morgan fingerprint density at radius 2 is 1.32 bits per heavy atom. The largest absolute Gasteiger partial charge is 0.480 e. The van der Waals surface area contributed by atoms with Crippen molar-refractivity contribution in [2.24, 2.45) is 17.6 Å². The Balaban J connectivity index is 1.63. The highest BCUT2D eigenvalue weighted by Crippen LogP contribution is 2.45. The number of carboxylic acid groups (broad SMARTS) is 1. The number of carbonyl (C=O) groups is 7. The number of H-pyrrole nitrogens is 1. The number of rotatable bonds is 26. The van der Waals surface area contributed by atoms with E-state index in [9.17, 15) is 33.3 Å². The average Bonchev–Trinajstić information content (AvgIpc) is 4.08. The molecule has 72 heavy (non-hydrogen) atoms. The number of aliphatic carboxylic acids is 1. The van der Waals surface area contributed by atoms with Crippen LogP contribution >= 0.6 is 0 Å². The molecule has 0 saturated carbocycles. The minimum atomic E-state index is -1.55. The summed E-state index contributed by atoms with van der Waals surface area (Å²) in [5.74, 6) is -5.25. The number of likely N-dealkylation sites (tertiary alicyclic amines) is 1. The van der Waals surface area contributed by atoms with Gasteiger partial charge in [0.25, 0.3) is 0 Å². The van der Waals surface area contributed by atoms with Crippen molar-refractivity contribution in [3.05, 3.63) is 126 Å². The molecule has 1 aliphatic rings. The number of nitrogens with one attached hydrogen (secondary N) is 5. The zero-order chi connectivity index (χ0) is 52.5. The molecule has 8 N–H and O–H groups in total. The second-order valence-electron chi connectivity index (χ2n) is 19.1. The highest BCUT2D eigenvalue weighted by Gasteiger charge is 2.53. The summed E-state index contributed by atoms with van der Waals surface area (Å²) in [6.45, 7) is 8.97. The van der Waals surface area contributed by atoms with Gasteiger partial charge >= 0.3 is 5.97 Å². The summed E-state index contributed by atoms with van der Waals surface area (Å²) in [5, 5.41) is 20.7. The van der Waals surface area contributed by atoms with Crippen LogP contribution in [0.2, 0.25) is 0 Å². The quantitative estimate of drug-likeness (QED) is 0.0449. The van der Waals surface area contributed by atoms with E-state index in [1.807, 2.05) is 119 Å². The van der Waals surface area contributed by atoms with Crippen LogP contribution < -0.4 is 27.0 Å². The Labute approximate surface area is 424 Å². The van der Waals surface area contributed by atoms with Crippen LogP contribution in [0.4, 0.5) is 0 Å². The topological polar surface area (TPSA) is 266 Å². The van der Waals surface area contributed by atoms with Gasteiger partial charge in [0.2, 0.25) is 35.4 Å². The van der Waals surface area contributed by atoms with E-state index in [2.05, 4.69) is 31.2 Å². The molecule has 5 rings (SSSR count). The molecule has 1 fully saturated rings. The Morgan fingerprint density at radius 3 is 1.79 bits per heavy atom. The van der Waals surface area contributed by atoms with E-state index < -0.39 is 94.0 Å². The van der Waals surface area contributed by atoms with Crippen molar-refractivity contribution in [3.63, 3.8) is 0 Å². The molecular weight excluding hydrogens is 939 g/mol. The lowest BCUT2D eigenvalue weighted by Gasteiger charge is -2.50. The number of nitrogens with zero attached hydrogens (tertiary/aromatic N) is 3. The van der Waals surface area contributed by atoms with E-state index in [0.29, 0.717) is 28.8 Å². The molecule has 1 aliphatic heterocycles. The fourth-order valence-corrected chi connectivity index (χ4v) is 9.99. The van der Waals surface area contributed by atoms with Crippen molar-refractivity contribution in [1.82, 2.24) is 41.0 Å². The van der Waals surface area contributed by atoms with Crippen LogP contribution in [0.5, 0.6) is 0 Å². The summed E-state index contributed by atoms with van der Waals surface area (Å²) in [6.07, 6.45) is 5.37. The van der Waals surface area contributed by atoms with Crippen LogP contribution in [0, 0.1) is 11.8 Å². The predicted octanol–water partition coefficient (Wildman–Crippen LogP) is 3.39. The van der Waals surface area contributed by atoms with E-state index in [4.69, 9.17) is 5.73 Å². The molecule has 2 heterocycles. The zero-order valence-electron chi connectivity index (χ0n) is 42.0. The van der Waals surface area contributed by atoms with Gasteiger partial charge in [0.05, 0.1) is 12.9 Å². The number of amides is 6. The van der Waals surface area contributed by atoms with Crippen molar-refractivity contribution >= 4 is 52.2 Å². The van der Waals surface area contributed by atoms with Crippen molar-refractivity contribution in [2.45, 2.75) is 121 Å². The van der Waals surface area contributed by atoms with Gasteiger partial charge in [-0.25, -0.2) is 9.78 Å². The molecule has 7 atom stereocenters. The molecule has 1 unspecified atom stereocenters. The van der Waals surface area contributed by atoms with Gasteiger partial charge in [-0.15, -0.1) is 0 Å². The molecule has 3 aromatic carbocycles. The molecule has 18 nitrogen and oxygen atoms in total. The van der Waals surface area contributed by atoms with E-state index in [-0.39, 0.29) is 69.2 Å². The standard InChI is InChI=1S/C53H71N9O9S/c1-7-40(47(64)59-41(52(69)70)25-27-72(6)71)58-48(65)42(28-34(2)3)60-49(66)44-24-17-26-61(44)51(68)45(30-39-32-55-33-56-39)62(50(67)43(29-35(4)5)57-46(63)31-54)53(36-18-11-8-12-19-36,37-20-13-9-14-21-37)38-22-15-10-16-23-38/h8-16,18-23,32-35,40-45H,7,17,24-31,54H2,1-6H3,(H,55,56)(H,57,63)(H,58,65)(H,59,64)(H,60,66)(H,69,70)/t40-,41-,42-,43-,44-,45-,72?/m0/s1. The molecule has 1 aromatic heterocycles. The number of benzene rings is 3. The lowest BCUT2D eigenvalue weighted by molar-refractivity contribution is -0.154. The fraction of sp³-hybridized carbons (Fsp3) is 0.472. The molecule has 1 saturated heterocycles. The number of imidazole rings is 1. The van der Waals surface area contributed by atoms with E-state index in [1.54, 1.807) is 18.0 Å². The van der Waals surface area contributed by atoms with Crippen LogP contribution in [-0.4, -0.2) is 132 Å². The third kappa shape index (κ3) is 14.2. The van der Waals surface area contributed by atoms with E-state index >= 15 is 9.59 Å². The molecule has 388 valence electrons. The maximum Gasteiger partial charge on any atom is 0.326 e. The molecular formula is C53H71N9O9S. The molecule has 0 spiro atoms. The number of carbonyl (C=O) groups excluding carboxylic acids is 6. The molecule has 0 aliphatic carbocycles. The lowest BCUT2D eigenvalue weighted by Crippen LogP contribution is -2.66. The lowest BCUT2D eigenvalue weighted by atomic mass is 9.74. The number of aromatic nitrogens is 2. The average molecular weight is 1010 g/mol.